The summed E-state index contributed by atoms with van der Waals surface area (Å²) in [5, 5.41) is 7.01. The second-order valence-electron chi connectivity index (χ2n) is 4.89. The van der Waals surface area contributed by atoms with Crippen LogP contribution in [0.2, 0.25) is 0 Å². The van der Waals surface area contributed by atoms with E-state index in [4.69, 9.17) is 0 Å². The third-order valence-electron chi connectivity index (χ3n) is 3.71. The van der Waals surface area contributed by atoms with E-state index in [1.807, 2.05) is 0 Å². The van der Waals surface area contributed by atoms with Gasteiger partial charge in [0.2, 0.25) is 0 Å². The lowest BCUT2D eigenvalue weighted by molar-refractivity contribution is 0.633. The quantitative estimate of drug-likeness (QED) is 0.809. The van der Waals surface area contributed by atoms with Crippen LogP contribution >= 0.6 is 0 Å². The van der Waals surface area contributed by atoms with Crippen LogP contribution in [-0.2, 0) is 0 Å². The molecule has 1 heterocycles. The standard InChI is InChI=1S/C15H25N3/c1-3-18(4-2)15-9-7-13(8-10-15)17-12-14-6-5-11-16-14/h7-10,14,16-17H,3-6,11-12H2,1-2H3. The second-order valence-corrected chi connectivity index (χ2v) is 4.89. The number of nitrogens with one attached hydrogen (secondary N) is 2. The van der Waals surface area contributed by atoms with E-state index in [1.54, 1.807) is 0 Å². The van der Waals surface area contributed by atoms with Crippen LogP contribution in [0.5, 0.6) is 0 Å². The Morgan fingerprint density at radius 3 is 2.50 bits per heavy atom. The van der Waals surface area contributed by atoms with E-state index in [2.05, 4.69) is 53.6 Å². The van der Waals surface area contributed by atoms with Crippen LogP contribution in [-0.4, -0.2) is 32.2 Å². The zero-order valence-corrected chi connectivity index (χ0v) is 11.6. The summed E-state index contributed by atoms with van der Waals surface area (Å²) in [7, 11) is 0. The lowest BCUT2D eigenvalue weighted by atomic mass is 10.2. The molecule has 1 aromatic carbocycles. The number of nitrogens with zero attached hydrogens (tertiary/aromatic N) is 1. The fraction of sp³-hybridized carbons (Fsp3) is 0.600. The SMILES string of the molecule is CCN(CC)c1ccc(NCC2CCCN2)cc1. The molecule has 0 spiro atoms. The molecule has 0 saturated carbocycles. The van der Waals surface area contributed by atoms with Gasteiger partial charge in [-0.1, -0.05) is 0 Å². The summed E-state index contributed by atoms with van der Waals surface area (Å²) in [6.45, 7) is 8.73. The van der Waals surface area contributed by atoms with Gasteiger partial charge in [-0.05, 0) is 57.5 Å². The molecule has 1 atom stereocenters. The zero-order valence-electron chi connectivity index (χ0n) is 11.6. The third kappa shape index (κ3) is 3.39. The topological polar surface area (TPSA) is 27.3 Å². The molecule has 2 rings (SSSR count). The van der Waals surface area contributed by atoms with Gasteiger partial charge in [-0.3, -0.25) is 0 Å². The van der Waals surface area contributed by atoms with E-state index in [0.717, 1.165) is 19.6 Å². The van der Waals surface area contributed by atoms with Gasteiger partial charge in [0, 0.05) is 37.1 Å². The molecule has 1 aliphatic heterocycles. The Kier molecular flexibility index (Phi) is 4.88. The highest BCUT2D eigenvalue weighted by atomic mass is 15.1. The first-order chi connectivity index (χ1) is 8.83. The highest BCUT2D eigenvalue weighted by molar-refractivity contribution is 5.55. The maximum Gasteiger partial charge on any atom is 0.0367 e. The lowest BCUT2D eigenvalue weighted by Crippen LogP contribution is -2.29. The Morgan fingerprint density at radius 2 is 1.94 bits per heavy atom. The van der Waals surface area contributed by atoms with E-state index in [9.17, 15) is 0 Å². The zero-order chi connectivity index (χ0) is 12.8. The van der Waals surface area contributed by atoms with Crippen molar-refractivity contribution in [1.29, 1.82) is 0 Å². The summed E-state index contributed by atoms with van der Waals surface area (Å²) in [4.78, 5) is 2.36. The van der Waals surface area contributed by atoms with Gasteiger partial charge in [0.15, 0.2) is 0 Å². The summed E-state index contributed by atoms with van der Waals surface area (Å²) in [5.74, 6) is 0. The molecule has 0 aromatic heterocycles. The molecule has 1 saturated heterocycles. The number of benzene rings is 1. The number of anilines is 2. The van der Waals surface area contributed by atoms with Crippen molar-refractivity contribution in [1.82, 2.24) is 5.32 Å². The van der Waals surface area contributed by atoms with Crippen LogP contribution in [0.3, 0.4) is 0 Å². The molecule has 0 aliphatic carbocycles. The van der Waals surface area contributed by atoms with Crippen molar-refractivity contribution in [2.75, 3.05) is 36.4 Å². The van der Waals surface area contributed by atoms with Crippen LogP contribution in [0.15, 0.2) is 24.3 Å². The number of hydrogen-bond acceptors (Lipinski definition) is 3. The lowest BCUT2D eigenvalue weighted by Gasteiger charge is -2.21. The molecule has 1 aromatic rings. The van der Waals surface area contributed by atoms with Gasteiger partial charge in [0.25, 0.3) is 0 Å². The van der Waals surface area contributed by atoms with E-state index in [0.29, 0.717) is 6.04 Å². The largest absolute Gasteiger partial charge is 0.383 e. The van der Waals surface area contributed by atoms with Crippen molar-refractivity contribution in [2.24, 2.45) is 0 Å². The van der Waals surface area contributed by atoms with Gasteiger partial charge in [0.05, 0.1) is 0 Å². The van der Waals surface area contributed by atoms with Crippen LogP contribution in [0, 0.1) is 0 Å². The van der Waals surface area contributed by atoms with Gasteiger partial charge >= 0.3 is 0 Å². The average molecular weight is 247 g/mol. The van der Waals surface area contributed by atoms with Crippen molar-refractivity contribution in [3.63, 3.8) is 0 Å². The van der Waals surface area contributed by atoms with E-state index < -0.39 is 0 Å². The van der Waals surface area contributed by atoms with E-state index in [-0.39, 0.29) is 0 Å². The molecule has 3 nitrogen and oxygen atoms in total. The molecule has 1 unspecified atom stereocenters. The maximum atomic E-state index is 3.51. The minimum absolute atomic E-state index is 0.646. The molecule has 0 bridgehead atoms. The van der Waals surface area contributed by atoms with Crippen molar-refractivity contribution in [3.8, 4) is 0 Å². The van der Waals surface area contributed by atoms with Crippen LogP contribution in [0.4, 0.5) is 11.4 Å². The normalized spacial score (nSPS) is 18.9. The predicted molar refractivity (Wildman–Crippen MR) is 79.5 cm³/mol. The summed E-state index contributed by atoms with van der Waals surface area (Å²) >= 11 is 0. The first-order valence-corrected chi connectivity index (χ1v) is 7.15. The average Bonchev–Trinajstić information content (AvgIpc) is 2.92. The molecular weight excluding hydrogens is 222 g/mol. The predicted octanol–water partition coefficient (Wildman–Crippen LogP) is 2.70. The van der Waals surface area contributed by atoms with E-state index >= 15 is 0 Å². The van der Waals surface area contributed by atoms with Crippen LogP contribution < -0.4 is 15.5 Å². The maximum absolute atomic E-state index is 3.51. The molecule has 18 heavy (non-hydrogen) atoms. The molecule has 0 radical (unpaired) electrons. The molecule has 1 fully saturated rings. The molecule has 1 aliphatic rings. The molecular formula is C15H25N3. The minimum atomic E-state index is 0.646. The van der Waals surface area contributed by atoms with E-state index in [1.165, 1.54) is 30.8 Å². The third-order valence-corrected chi connectivity index (χ3v) is 3.71. The van der Waals surface area contributed by atoms with Crippen LogP contribution in [0.25, 0.3) is 0 Å². The van der Waals surface area contributed by atoms with Crippen molar-refractivity contribution < 1.29 is 0 Å². The number of rotatable bonds is 6. The highest BCUT2D eigenvalue weighted by Gasteiger charge is 2.13. The molecule has 0 amide bonds. The first-order valence-electron chi connectivity index (χ1n) is 7.15. The van der Waals surface area contributed by atoms with Gasteiger partial charge in [-0.25, -0.2) is 0 Å². The van der Waals surface area contributed by atoms with Crippen molar-refractivity contribution in [2.45, 2.75) is 32.7 Å². The van der Waals surface area contributed by atoms with Crippen molar-refractivity contribution >= 4 is 11.4 Å². The molecule has 100 valence electrons. The Hall–Kier alpha value is -1.22. The van der Waals surface area contributed by atoms with Gasteiger partial charge in [-0.2, -0.15) is 0 Å². The van der Waals surface area contributed by atoms with Crippen LogP contribution in [0.1, 0.15) is 26.7 Å². The summed E-state index contributed by atoms with van der Waals surface area (Å²) < 4.78 is 0. The van der Waals surface area contributed by atoms with Gasteiger partial charge in [-0.15, -0.1) is 0 Å². The van der Waals surface area contributed by atoms with Gasteiger partial charge in [0.1, 0.15) is 0 Å². The second kappa shape index (κ2) is 6.64. The first kappa shape index (κ1) is 13.2. The Balaban J connectivity index is 1.86. The summed E-state index contributed by atoms with van der Waals surface area (Å²) in [6, 6.07) is 9.42. The molecule has 3 heteroatoms. The Bertz CT molecular complexity index is 337. The Labute approximate surface area is 111 Å². The minimum Gasteiger partial charge on any atom is -0.383 e. The fourth-order valence-electron chi connectivity index (χ4n) is 2.55. The molecule has 2 N–H and O–H groups in total. The Morgan fingerprint density at radius 1 is 1.22 bits per heavy atom. The number of hydrogen-bond donors (Lipinski definition) is 2. The highest BCUT2D eigenvalue weighted by Crippen LogP contribution is 2.18. The van der Waals surface area contributed by atoms with Gasteiger partial charge < -0.3 is 15.5 Å². The van der Waals surface area contributed by atoms with Crippen molar-refractivity contribution in [3.05, 3.63) is 24.3 Å². The fourth-order valence-corrected chi connectivity index (χ4v) is 2.55. The summed E-state index contributed by atoms with van der Waals surface area (Å²) in [6.07, 6.45) is 2.61. The monoisotopic (exact) mass is 247 g/mol. The smallest absolute Gasteiger partial charge is 0.0367 e. The summed E-state index contributed by atoms with van der Waals surface area (Å²) in [5.41, 5.74) is 2.53.